The summed E-state index contributed by atoms with van der Waals surface area (Å²) < 4.78 is 15.4. The Kier molecular flexibility index (Phi) is 5.32. The number of rotatable bonds is 3. The van der Waals surface area contributed by atoms with E-state index in [4.69, 9.17) is 5.41 Å². The van der Waals surface area contributed by atoms with Gasteiger partial charge < -0.3 is 4.57 Å². The Hall–Kier alpha value is -3.78. The molecule has 0 atom stereocenters. The van der Waals surface area contributed by atoms with Gasteiger partial charge in [-0.1, -0.05) is 6.07 Å². The number of halogens is 1. The standard InChI is InChI=1S/C26H22FN5OS/c1-14-9-15(2)11-21(10-14)31-16(3)12-19(17(31)4)13-22-23(28)32-26(29-24(22)33)34-25(30-32)18-5-7-20(27)8-6-18/h5-13,28H,1-4H3/b22-13+,28-23?. The van der Waals surface area contributed by atoms with E-state index in [0.29, 0.717) is 15.8 Å². The van der Waals surface area contributed by atoms with E-state index in [1.54, 1.807) is 18.2 Å². The highest BCUT2D eigenvalue weighted by molar-refractivity contribution is 8.27. The number of hydrogen-bond donors (Lipinski definition) is 1. The number of aromatic nitrogens is 1. The van der Waals surface area contributed by atoms with Gasteiger partial charge in [-0.25, -0.2) is 4.39 Å². The van der Waals surface area contributed by atoms with Crippen LogP contribution in [-0.2, 0) is 4.79 Å². The summed E-state index contributed by atoms with van der Waals surface area (Å²) in [5.74, 6) is -0.847. The van der Waals surface area contributed by atoms with Crippen molar-refractivity contribution in [1.29, 1.82) is 5.41 Å². The van der Waals surface area contributed by atoms with Gasteiger partial charge >= 0.3 is 0 Å². The number of carbonyl (C=O) groups excluding carboxylic acids is 1. The summed E-state index contributed by atoms with van der Waals surface area (Å²) in [6, 6.07) is 14.3. The Morgan fingerprint density at radius 3 is 2.35 bits per heavy atom. The van der Waals surface area contributed by atoms with Crippen molar-refractivity contribution in [2.24, 2.45) is 10.1 Å². The van der Waals surface area contributed by atoms with Crippen LogP contribution in [0.1, 0.15) is 33.6 Å². The minimum absolute atomic E-state index is 0.0317. The molecule has 3 aromatic rings. The average Bonchev–Trinajstić information content (AvgIpc) is 3.31. The van der Waals surface area contributed by atoms with Crippen LogP contribution in [0.25, 0.3) is 11.8 Å². The number of amidine groups is 2. The minimum Gasteiger partial charge on any atom is -0.318 e. The molecule has 170 valence electrons. The Morgan fingerprint density at radius 2 is 1.68 bits per heavy atom. The highest BCUT2D eigenvalue weighted by Crippen LogP contribution is 2.32. The maximum absolute atomic E-state index is 13.3. The number of carbonyl (C=O) groups is 1. The fourth-order valence-electron chi connectivity index (χ4n) is 4.27. The van der Waals surface area contributed by atoms with Crippen molar-refractivity contribution < 1.29 is 9.18 Å². The maximum Gasteiger partial charge on any atom is 0.283 e. The van der Waals surface area contributed by atoms with E-state index >= 15 is 0 Å². The van der Waals surface area contributed by atoms with Crippen molar-refractivity contribution in [2.45, 2.75) is 27.7 Å². The summed E-state index contributed by atoms with van der Waals surface area (Å²) in [5.41, 5.74) is 7.13. The van der Waals surface area contributed by atoms with Crippen LogP contribution in [0.5, 0.6) is 0 Å². The second-order valence-electron chi connectivity index (χ2n) is 8.44. The Balaban J connectivity index is 1.51. The monoisotopic (exact) mass is 471 g/mol. The molecule has 8 heteroatoms. The molecular weight excluding hydrogens is 449 g/mol. The molecule has 2 aliphatic heterocycles. The number of thioether (sulfide) groups is 1. The summed E-state index contributed by atoms with van der Waals surface area (Å²) in [4.78, 5) is 17.0. The zero-order valence-electron chi connectivity index (χ0n) is 19.2. The first-order valence-electron chi connectivity index (χ1n) is 10.7. The van der Waals surface area contributed by atoms with E-state index in [-0.39, 0.29) is 17.2 Å². The normalized spacial score (nSPS) is 16.7. The number of amides is 1. The molecule has 1 aromatic heterocycles. The van der Waals surface area contributed by atoms with Gasteiger partial charge in [0.1, 0.15) is 10.9 Å². The van der Waals surface area contributed by atoms with E-state index in [2.05, 4.69) is 46.7 Å². The third-order valence-corrected chi connectivity index (χ3v) is 6.74. The first-order chi connectivity index (χ1) is 16.2. The maximum atomic E-state index is 13.3. The summed E-state index contributed by atoms with van der Waals surface area (Å²) in [7, 11) is 0. The first kappa shape index (κ1) is 22.0. The zero-order chi connectivity index (χ0) is 24.1. The van der Waals surface area contributed by atoms with Crippen molar-refractivity contribution in [1.82, 2.24) is 9.58 Å². The van der Waals surface area contributed by atoms with Gasteiger partial charge in [-0.05, 0) is 105 Å². The van der Waals surface area contributed by atoms with Crippen molar-refractivity contribution >= 4 is 39.8 Å². The van der Waals surface area contributed by atoms with Gasteiger partial charge in [0.15, 0.2) is 5.84 Å². The van der Waals surface area contributed by atoms with E-state index < -0.39 is 5.91 Å². The second kappa shape index (κ2) is 8.22. The summed E-state index contributed by atoms with van der Waals surface area (Å²) >= 11 is 1.19. The van der Waals surface area contributed by atoms with Crippen molar-refractivity contribution in [3.63, 3.8) is 0 Å². The Labute approximate surface area is 201 Å². The number of fused-ring (bicyclic) bond motifs is 1. The lowest BCUT2D eigenvalue weighted by molar-refractivity contribution is -0.114. The lowest BCUT2D eigenvalue weighted by atomic mass is 10.1. The summed E-state index contributed by atoms with van der Waals surface area (Å²) in [5, 5.41) is 15.4. The van der Waals surface area contributed by atoms with Crippen LogP contribution in [0.2, 0.25) is 0 Å². The van der Waals surface area contributed by atoms with Crippen molar-refractivity contribution in [3.05, 3.63) is 93.6 Å². The van der Waals surface area contributed by atoms with Crippen LogP contribution < -0.4 is 0 Å². The molecule has 34 heavy (non-hydrogen) atoms. The molecule has 0 saturated heterocycles. The molecule has 0 saturated carbocycles. The number of aryl methyl sites for hydroxylation is 3. The number of benzene rings is 2. The molecule has 0 spiro atoms. The molecule has 1 amide bonds. The number of nitrogens with one attached hydrogen (secondary N) is 1. The van der Waals surface area contributed by atoms with Crippen LogP contribution in [0, 0.1) is 38.9 Å². The van der Waals surface area contributed by atoms with E-state index in [9.17, 15) is 9.18 Å². The molecule has 3 heterocycles. The molecule has 0 aliphatic carbocycles. The molecule has 2 aliphatic rings. The number of hydrazone groups is 1. The van der Waals surface area contributed by atoms with Gasteiger partial charge in [-0.3, -0.25) is 10.2 Å². The molecule has 0 unspecified atom stereocenters. The lowest BCUT2D eigenvalue weighted by Crippen LogP contribution is -2.35. The van der Waals surface area contributed by atoms with Crippen molar-refractivity contribution in [2.75, 3.05) is 0 Å². The topological polar surface area (TPSA) is 73.8 Å². The number of aliphatic imine (C=N–C) groups is 1. The first-order valence-corrected chi connectivity index (χ1v) is 11.6. The number of nitrogens with zero attached hydrogens (tertiary/aromatic N) is 4. The van der Waals surface area contributed by atoms with E-state index in [1.807, 2.05) is 19.9 Å². The van der Waals surface area contributed by atoms with E-state index in [0.717, 1.165) is 22.6 Å². The summed E-state index contributed by atoms with van der Waals surface area (Å²) in [6.45, 7) is 8.16. The smallest absolute Gasteiger partial charge is 0.283 e. The molecule has 1 N–H and O–H groups in total. The van der Waals surface area contributed by atoms with Crippen LogP contribution in [0.3, 0.4) is 0 Å². The molecule has 6 nitrogen and oxygen atoms in total. The van der Waals surface area contributed by atoms with Gasteiger partial charge in [0, 0.05) is 22.6 Å². The highest BCUT2D eigenvalue weighted by Gasteiger charge is 2.36. The van der Waals surface area contributed by atoms with Crippen LogP contribution in [0.4, 0.5) is 4.39 Å². The highest BCUT2D eigenvalue weighted by atomic mass is 32.2. The Bertz CT molecular complexity index is 1440. The van der Waals surface area contributed by atoms with Gasteiger partial charge in [0.25, 0.3) is 5.91 Å². The van der Waals surface area contributed by atoms with E-state index in [1.165, 1.54) is 40.0 Å². The fraction of sp³-hybridized carbons (Fsp3) is 0.154. The van der Waals surface area contributed by atoms with Crippen LogP contribution in [0.15, 0.2) is 64.2 Å². The predicted molar refractivity (Wildman–Crippen MR) is 135 cm³/mol. The molecule has 0 bridgehead atoms. The van der Waals surface area contributed by atoms with Crippen LogP contribution in [-0.4, -0.2) is 31.5 Å². The van der Waals surface area contributed by atoms with Crippen molar-refractivity contribution in [3.8, 4) is 5.69 Å². The van der Waals surface area contributed by atoms with Gasteiger partial charge in [-0.15, -0.1) is 0 Å². The Morgan fingerprint density at radius 1 is 1.00 bits per heavy atom. The zero-order valence-corrected chi connectivity index (χ0v) is 20.0. The second-order valence-corrected chi connectivity index (χ2v) is 9.40. The lowest BCUT2D eigenvalue weighted by Gasteiger charge is -2.20. The summed E-state index contributed by atoms with van der Waals surface area (Å²) in [6.07, 6.45) is 1.71. The average molecular weight is 472 g/mol. The molecule has 5 rings (SSSR count). The molecule has 2 aromatic carbocycles. The largest absolute Gasteiger partial charge is 0.318 e. The number of hydrogen-bond acceptors (Lipinski definition) is 4. The van der Waals surface area contributed by atoms with Gasteiger partial charge in [0.2, 0.25) is 5.17 Å². The molecule has 0 fully saturated rings. The SMILES string of the molecule is Cc1cc(C)cc(-n2c(C)cc(/C=C3\C(=N)N4N=C(c5ccc(F)cc5)SC4=NC3=O)c2C)c1. The third-order valence-electron chi connectivity index (χ3n) is 5.78. The minimum atomic E-state index is -0.476. The third kappa shape index (κ3) is 3.80. The molecule has 0 radical (unpaired) electrons. The fourth-order valence-corrected chi connectivity index (χ4v) is 5.16. The van der Waals surface area contributed by atoms with Crippen LogP contribution >= 0.6 is 11.8 Å². The van der Waals surface area contributed by atoms with Gasteiger partial charge in [-0.2, -0.15) is 15.1 Å². The predicted octanol–water partition coefficient (Wildman–Crippen LogP) is 5.52. The quantitative estimate of drug-likeness (QED) is 0.512. The van der Waals surface area contributed by atoms with Gasteiger partial charge in [0.05, 0.1) is 5.57 Å². The molecular formula is C26H22FN5OS.